The molecule has 6 atom stereocenters. The average molecular weight is 624 g/mol. The predicted octanol–water partition coefficient (Wildman–Crippen LogP) is 5.45. The maximum Gasteiger partial charge on any atom is 0.407 e. The lowest BCUT2D eigenvalue weighted by atomic mass is 9.75. The van der Waals surface area contributed by atoms with Crippen LogP contribution in [-0.4, -0.2) is 62.8 Å². The predicted molar refractivity (Wildman–Crippen MR) is 175 cm³/mol. The van der Waals surface area contributed by atoms with Crippen LogP contribution in [-0.2, 0) is 27.3 Å². The van der Waals surface area contributed by atoms with E-state index < -0.39 is 34.9 Å². The number of amides is 3. The summed E-state index contributed by atoms with van der Waals surface area (Å²) in [6, 6.07) is 15.5. The Balaban J connectivity index is 1.50. The Morgan fingerprint density at radius 3 is 2.43 bits per heavy atom. The number of rotatable bonds is 10. The third-order valence-corrected chi connectivity index (χ3v) is 10.6. The molecule has 0 bridgehead atoms. The van der Waals surface area contributed by atoms with E-state index in [1.54, 1.807) is 0 Å². The Hall–Kier alpha value is -3.04. The van der Waals surface area contributed by atoms with Crippen molar-refractivity contribution in [1.29, 1.82) is 0 Å². The molecule has 2 aromatic carbocycles. The maximum absolute atomic E-state index is 14.0. The van der Waals surface area contributed by atoms with Crippen molar-refractivity contribution in [3.8, 4) is 0 Å². The van der Waals surface area contributed by atoms with Gasteiger partial charge in [-0.15, -0.1) is 11.8 Å². The molecule has 2 fully saturated rings. The van der Waals surface area contributed by atoms with Gasteiger partial charge in [-0.3, -0.25) is 9.59 Å². The molecule has 8 nitrogen and oxygen atoms in total. The standard InChI is InChI=1S/C35H49N3O5S/c1-22(2)27-17-16-23(3)18-29(27)43-34(42)37-28(19-25-13-8-7-9-14-25)30(39)33(41)38-21-44-35(5,6)31(38)32(40)36-20-26-15-11-10-12-24(26)4/h7-15,22-23,27-31,39H,16-21H2,1-6H3,(H,36,40)(H,37,42)/t23-,27+,28+,29-,30+,31-/m1/s1. The van der Waals surface area contributed by atoms with Crippen LogP contribution in [0.15, 0.2) is 54.6 Å². The van der Waals surface area contributed by atoms with Crippen molar-refractivity contribution in [2.45, 2.75) is 103 Å². The second kappa shape index (κ2) is 14.8. The minimum atomic E-state index is -1.57. The van der Waals surface area contributed by atoms with E-state index in [-0.39, 0.29) is 30.2 Å². The van der Waals surface area contributed by atoms with Crippen LogP contribution in [0.25, 0.3) is 0 Å². The fourth-order valence-corrected chi connectivity index (χ4v) is 7.67. The molecule has 0 radical (unpaired) electrons. The molecule has 3 amide bonds. The number of nitrogens with one attached hydrogen (secondary N) is 2. The van der Waals surface area contributed by atoms with Gasteiger partial charge in [-0.25, -0.2) is 4.79 Å². The Morgan fingerprint density at radius 1 is 1.07 bits per heavy atom. The summed E-state index contributed by atoms with van der Waals surface area (Å²) in [5, 5.41) is 17.4. The van der Waals surface area contributed by atoms with E-state index in [9.17, 15) is 19.5 Å². The van der Waals surface area contributed by atoms with Crippen molar-refractivity contribution in [3.63, 3.8) is 0 Å². The fraction of sp³-hybridized carbons (Fsp3) is 0.571. The lowest BCUT2D eigenvalue weighted by molar-refractivity contribution is -0.147. The number of carbonyl (C=O) groups excluding carboxylic acids is 3. The topological polar surface area (TPSA) is 108 Å². The van der Waals surface area contributed by atoms with Gasteiger partial charge >= 0.3 is 6.09 Å². The first kappa shape index (κ1) is 33.8. The van der Waals surface area contributed by atoms with Gasteiger partial charge < -0.3 is 25.4 Å². The van der Waals surface area contributed by atoms with Crippen LogP contribution < -0.4 is 10.6 Å². The minimum Gasteiger partial charge on any atom is -0.446 e. The van der Waals surface area contributed by atoms with E-state index >= 15 is 0 Å². The fourth-order valence-electron chi connectivity index (χ4n) is 6.52. The first-order chi connectivity index (χ1) is 20.9. The molecule has 2 aromatic rings. The van der Waals surface area contributed by atoms with E-state index in [4.69, 9.17) is 4.74 Å². The van der Waals surface area contributed by atoms with Crippen molar-refractivity contribution in [1.82, 2.24) is 15.5 Å². The highest BCUT2D eigenvalue weighted by Gasteiger charge is 2.50. The van der Waals surface area contributed by atoms with Crippen LogP contribution in [0.2, 0.25) is 0 Å². The normalized spacial score (nSPS) is 24.4. The Labute approximate surface area is 266 Å². The maximum atomic E-state index is 14.0. The second-order valence-electron chi connectivity index (χ2n) is 13.4. The second-order valence-corrected chi connectivity index (χ2v) is 15.0. The number of hydrogen-bond donors (Lipinski definition) is 3. The number of nitrogens with zero attached hydrogens (tertiary/aromatic N) is 1. The molecule has 0 unspecified atom stereocenters. The lowest BCUT2D eigenvalue weighted by Crippen LogP contribution is -2.58. The highest BCUT2D eigenvalue weighted by Crippen LogP contribution is 2.40. The van der Waals surface area contributed by atoms with Crippen molar-refractivity contribution >= 4 is 29.7 Å². The Morgan fingerprint density at radius 2 is 1.75 bits per heavy atom. The number of hydrogen-bond acceptors (Lipinski definition) is 6. The van der Waals surface area contributed by atoms with Gasteiger partial charge in [0, 0.05) is 11.3 Å². The zero-order valence-corrected chi connectivity index (χ0v) is 27.7. The summed E-state index contributed by atoms with van der Waals surface area (Å²) in [6.45, 7) is 12.7. The van der Waals surface area contributed by atoms with E-state index in [2.05, 4.69) is 31.4 Å². The first-order valence-electron chi connectivity index (χ1n) is 15.8. The van der Waals surface area contributed by atoms with Crippen molar-refractivity contribution in [3.05, 3.63) is 71.3 Å². The zero-order valence-electron chi connectivity index (χ0n) is 26.9. The van der Waals surface area contributed by atoms with Crippen LogP contribution in [0.5, 0.6) is 0 Å². The van der Waals surface area contributed by atoms with E-state index in [1.165, 1.54) is 16.7 Å². The van der Waals surface area contributed by atoms with Crippen LogP contribution in [0.1, 0.15) is 70.6 Å². The van der Waals surface area contributed by atoms with Gasteiger partial charge in [0.05, 0.1) is 11.9 Å². The number of aliphatic hydroxyl groups is 1. The molecule has 1 saturated carbocycles. The molecule has 0 spiro atoms. The van der Waals surface area contributed by atoms with Crippen LogP contribution in [0.3, 0.4) is 0 Å². The summed E-state index contributed by atoms with van der Waals surface area (Å²) < 4.78 is 5.41. The van der Waals surface area contributed by atoms with Gasteiger partial charge in [-0.1, -0.05) is 81.8 Å². The summed E-state index contributed by atoms with van der Waals surface area (Å²) in [6.07, 6.45) is 0.702. The number of carbonyl (C=O) groups is 3. The summed E-state index contributed by atoms with van der Waals surface area (Å²) >= 11 is 1.49. The lowest BCUT2D eigenvalue weighted by Gasteiger charge is -2.37. The number of aryl methyl sites for hydroxylation is 1. The Bertz CT molecular complexity index is 1290. The van der Waals surface area contributed by atoms with Gasteiger partial charge in [-0.2, -0.15) is 0 Å². The molecule has 9 heteroatoms. The highest BCUT2D eigenvalue weighted by molar-refractivity contribution is 8.00. The molecular weight excluding hydrogens is 574 g/mol. The van der Waals surface area contributed by atoms with E-state index in [1.807, 2.05) is 75.4 Å². The van der Waals surface area contributed by atoms with Gasteiger partial charge in [-0.05, 0) is 74.5 Å². The number of thioether (sulfide) groups is 1. The highest BCUT2D eigenvalue weighted by atomic mass is 32.2. The smallest absolute Gasteiger partial charge is 0.407 e. The quantitative estimate of drug-likeness (QED) is 0.325. The van der Waals surface area contributed by atoms with Gasteiger partial charge in [0.2, 0.25) is 5.91 Å². The number of benzene rings is 2. The summed E-state index contributed by atoms with van der Waals surface area (Å²) in [4.78, 5) is 42.3. The molecule has 4 rings (SSSR count). The summed E-state index contributed by atoms with van der Waals surface area (Å²) in [5.41, 5.74) is 2.93. The largest absolute Gasteiger partial charge is 0.446 e. The SMILES string of the molecule is Cc1ccccc1CNC(=O)[C@H]1N(C(=O)[C@@H](O)[C@H](Cc2ccccc2)NC(=O)O[C@@H]2C[C@H](C)CC[C@H]2C(C)C)CSC1(C)C. The Kier molecular flexibility index (Phi) is 11.4. The van der Waals surface area contributed by atoms with Crippen LogP contribution >= 0.6 is 11.8 Å². The van der Waals surface area contributed by atoms with Crippen molar-refractivity contribution in [2.24, 2.45) is 17.8 Å². The molecule has 240 valence electrons. The number of alkyl carbamates (subject to hydrolysis) is 1. The molecule has 2 aliphatic rings. The van der Waals surface area contributed by atoms with Crippen molar-refractivity contribution < 1.29 is 24.2 Å². The zero-order chi connectivity index (χ0) is 32.0. The van der Waals surface area contributed by atoms with Crippen LogP contribution in [0, 0.1) is 24.7 Å². The number of aliphatic hydroxyl groups excluding tert-OH is 1. The van der Waals surface area contributed by atoms with Crippen LogP contribution in [0.4, 0.5) is 4.79 Å². The van der Waals surface area contributed by atoms with Crippen molar-refractivity contribution in [2.75, 3.05) is 5.88 Å². The molecule has 1 heterocycles. The molecule has 3 N–H and O–H groups in total. The first-order valence-corrected chi connectivity index (χ1v) is 16.8. The average Bonchev–Trinajstić information content (AvgIpc) is 3.30. The van der Waals surface area contributed by atoms with E-state index in [0.29, 0.717) is 18.4 Å². The molecule has 1 aliphatic carbocycles. The third kappa shape index (κ3) is 8.36. The third-order valence-electron chi connectivity index (χ3n) is 9.25. The number of ether oxygens (including phenoxy) is 1. The summed E-state index contributed by atoms with van der Waals surface area (Å²) in [5.74, 6) is 0.481. The molecule has 1 aliphatic heterocycles. The minimum absolute atomic E-state index is 0.221. The summed E-state index contributed by atoms with van der Waals surface area (Å²) in [7, 11) is 0. The van der Waals surface area contributed by atoms with Gasteiger partial charge in [0.25, 0.3) is 5.91 Å². The van der Waals surface area contributed by atoms with E-state index in [0.717, 1.165) is 36.0 Å². The molecule has 44 heavy (non-hydrogen) atoms. The molecule has 1 saturated heterocycles. The monoisotopic (exact) mass is 623 g/mol. The molecular formula is C35H49N3O5S. The van der Waals surface area contributed by atoms with Gasteiger partial charge in [0.1, 0.15) is 12.1 Å². The molecule has 0 aromatic heterocycles. The van der Waals surface area contributed by atoms with Gasteiger partial charge in [0.15, 0.2) is 6.10 Å².